The largest absolute Gasteiger partial charge is 0.338 e. The summed E-state index contributed by atoms with van der Waals surface area (Å²) in [5.74, 6) is 0.724. The highest BCUT2D eigenvalue weighted by molar-refractivity contribution is 5.83. The number of carbonyl (C=O) groups excluding carboxylic acids is 1. The third-order valence-corrected chi connectivity index (χ3v) is 4.95. The standard InChI is InChI=1S/C17H21N5O/c23-17(15-9-3-4-11-22-16(15)18-19-20-22)21-10-5-8-13-6-1-2-7-14(13)12-21/h1-2,6-7,15H,3-5,8-12H2. The van der Waals surface area contributed by atoms with Gasteiger partial charge in [0.15, 0.2) is 5.82 Å². The van der Waals surface area contributed by atoms with Gasteiger partial charge in [-0.15, -0.1) is 5.10 Å². The molecule has 120 valence electrons. The lowest BCUT2D eigenvalue weighted by atomic mass is 10.0. The van der Waals surface area contributed by atoms with Crippen molar-refractivity contribution in [2.45, 2.75) is 51.1 Å². The summed E-state index contributed by atoms with van der Waals surface area (Å²) in [5.41, 5.74) is 2.64. The van der Waals surface area contributed by atoms with Gasteiger partial charge in [-0.3, -0.25) is 4.79 Å². The second-order valence-corrected chi connectivity index (χ2v) is 6.44. The van der Waals surface area contributed by atoms with Gasteiger partial charge in [-0.05, 0) is 47.2 Å². The van der Waals surface area contributed by atoms with Crippen LogP contribution in [0.2, 0.25) is 0 Å². The molecule has 2 aliphatic rings. The Morgan fingerprint density at radius 1 is 1.09 bits per heavy atom. The predicted molar refractivity (Wildman–Crippen MR) is 84.6 cm³/mol. The van der Waals surface area contributed by atoms with Crippen LogP contribution in [0.4, 0.5) is 0 Å². The summed E-state index contributed by atoms with van der Waals surface area (Å²) in [7, 11) is 0. The summed E-state index contributed by atoms with van der Waals surface area (Å²) in [6.07, 6.45) is 4.97. The molecule has 1 atom stereocenters. The van der Waals surface area contributed by atoms with E-state index in [0.29, 0.717) is 6.54 Å². The summed E-state index contributed by atoms with van der Waals surface area (Å²) in [6.45, 7) is 2.33. The lowest BCUT2D eigenvalue weighted by Gasteiger charge is -2.25. The van der Waals surface area contributed by atoms with Gasteiger partial charge in [-0.2, -0.15) is 0 Å². The number of carbonyl (C=O) groups is 1. The fourth-order valence-electron chi connectivity index (χ4n) is 3.70. The average molecular weight is 311 g/mol. The van der Waals surface area contributed by atoms with E-state index in [9.17, 15) is 4.79 Å². The van der Waals surface area contributed by atoms with Crippen LogP contribution in [0.1, 0.15) is 48.6 Å². The van der Waals surface area contributed by atoms with Crippen LogP contribution in [0.25, 0.3) is 0 Å². The van der Waals surface area contributed by atoms with E-state index < -0.39 is 0 Å². The highest BCUT2D eigenvalue weighted by atomic mass is 16.2. The Hall–Kier alpha value is -2.24. The molecule has 23 heavy (non-hydrogen) atoms. The van der Waals surface area contributed by atoms with Crippen molar-refractivity contribution in [3.05, 3.63) is 41.2 Å². The van der Waals surface area contributed by atoms with Crippen molar-refractivity contribution in [2.75, 3.05) is 6.54 Å². The van der Waals surface area contributed by atoms with Gasteiger partial charge in [-0.25, -0.2) is 4.68 Å². The van der Waals surface area contributed by atoms with Gasteiger partial charge in [0.2, 0.25) is 5.91 Å². The first kappa shape index (κ1) is 14.4. The molecule has 0 N–H and O–H groups in total. The minimum atomic E-state index is -0.197. The van der Waals surface area contributed by atoms with Crippen LogP contribution >= 0.6 is 0 Å². The summed E-state index contributed by atoms with van der Waals surface area (Å²) in [4.78, 5) is 15.1. The number of aromatic nitrogens is 4. The van der Waals surface area contributed by atoms with Crippen molar-refractivity contribution >= 4 is 5.91 Å². The normalized spacial score (nSPS) is 21.0. The number of tetrazole rings is 1. The van der Waals surface area contributed by atoms with Gasteiger partial charge < -0.3 is 4.90 Å². The molecular weight excluding hydrogens is 290 g/mol. The zero-order valence-corrected chi connectivity index (χ0v) is 13.2. The van der Waals surface area contributed by atoms with Crippen molar-refractivity contribution in [2.24, 2.45) is 0 Å². The molecule has 0 spiro atoms. The number of hydrogen-bond acceptors (Lipinski definition) is 4. The Labute approximate surface area is 135 Å². The highest BCUT2D eigenvalue weighted by Crippen LogP contribution is 2.28. The van der Waals surface area contributed by atoms with Gasteiger partial charge in [0.1, 0.15) is 0 Å². The third kappa shape index (κ3) is 2.73. The molecular formula is C17H21N5O. The minimum Gasteiger partial charge on any atom is -0.338 e. The van der Waals surface area contributed by atoms with E-state index in [1.54, 1.807) is 4.68 Å². The first-order valence-electron chi connectivity index (χ1n) is 8.44. The molecule has 0 radical (unpaired) electrons. The molecule has 3 heterocycles. The number of amides is 1. The van der Waals surface area contributed by atoms with Crippen LogP contribution in [0.3, 0.4) is 0 Å². The quantitative estimate of drug-likeness (QED) is 0.807. The molecule has 6 nitrogen and oxygen atoms in total. The molecule has 0 bridgehead atoms. The van der Waals surface area contributed by atoms with Gasteiger partial charge in [0.25, 0.3) is 0 Å². The predicted octanol–water partition coefficient (Wildman–Crippen LogP) is 1.92. The van der Waals surface area contributed by atoms with E-state index >= 15 is 0 Å². The molecule has 0 saturated heterocycles. The molecule has 1 aromatic carbocycles. The van der Waals surface area contributed by atoms with E-state index in [1.807, 2.05) is 4.90 Å². The number of rotatable bonds is 1. The maximum absolute atomic E-state index is 13.1. The zero-order valence-electron chi connectivity index (χ0n) is 13.2. The Kier molecular flexibility index (Phi) is 3.81. The highest BCUT2D eigenvalue weighted by Gasteiger charge is 2.32. The average Bonchev–Trinajstić information content (AvgIpc) is 2.81. The first-order valence-corrected chi connectivity index (χ1v) is 8.44. The maximum atomic E-state index is 13.1. The summed E-state index contributed by atoms with van der Waals surface area (Å²) in [6, 6.07) is 8.45. The molecule has 2 aromatic rings. The molecule has 1 aromatic heterocycles. The Bertz CT molecular complexity index is 711. The monoisotopic (exact) mass is 311 g/mol. The van der Waals surface area contributed by atoms with Crippen LogP contribution in [0, 0.1) is 0 Å². The van der Waals surface area contributed by atoms with E-state index in [1.165, 1.54) is 11.1 Å². The number of benzene rings is 1. The second-order valence-electron chi connectivity index (χ2n) is 6.44. The molecule has 6 heteroatoms. The lowest BCUT2D eigenvalue weighted by Crippen LogP contribution is -2.35. The van der Waals surface area contributed by atoms with Gasteiger partial charge in [0.05, 0.1) is 5.92 Å². The van der Waals surface area contributed by atoms with Crippen molar-refractivity contribution in [1.82, 2.24) is 25.1 Å². The molecule has 0 fully saturated rings. The number of hydrogen-bond donors (Lipinski definition) is 0. The molecule has 0 saturated carbocycles. The lowest BCUT2D eigenvalue weighted by molar-refractivity contribution is -0.133. The van der Waals surface area contributed by atoms with Crippen LogP contribution in [-0.4, -0.2) is 37.6 Å². The smallest absolute Gasteiger partial charge is 0.233 e. The van der Waals surface area contributed by atoms with Gasteiger partial charge >= 0.3 is 0 Å². The molecule has 4 rings (SSSR count). The third-order valence-electron chi connectivity index (χ3n) is 4.95. The van der Waals surface area contributed by atoms with Crippen molar-refractivity contribution in [3.8, 4) is 0 Å². The fraction of sp³-hybridized carbons (Fsp3) is 0.529. The van der Waals surface area contributed by atoms with Crippen molar-refractivity contribution in [1.29, 1.82) is 0 Å². The van der Waals surface area contributed by atoms with E-state index in [4.69, 9.17) is 0 Å². The van der Waals surface area contributed by atoms with Crippen LogP contribution < -0.4 is 0 Å². The number of aryl methyl sites for hydroxylation is 2. The summed E-state index contributed by atoms with van der Waals surface area (Å²) in [5, 5.41) is 11.9. The van der Waals surface area contributed by atoms with E-state index in [0.717, 1.165) is 51.0 Å². The fourth-order valence-corrected chi connectivity index (χ4v) is 3.70. The Balaban J connectivity index is 1.60. The van der Waals surface area contributed by atoms with Gasteiger partial charge in [-0.1, -0.05) is 30.7 Å². The van der Waals surface area contributed by atoms with E-state index in [2.05, 4.69) is 39.8 Å². The van der Waals surface area contributed by atoms with E-state index in [-0.39, 0.29) is 11.8 Å². The number of nitrogens with zero attached hydrogens (tertiary/aromatic N) is 5. The zero-order chi connectivity index (χ0) is 15.6. The molecule has 1 amide bonds. The Morgan fingerprint density at radius 3 is 2.87 bits per heavy atom. The van der Waals surface area contributed by atoms with Crippen molar-refractivity contribution < 1.29 is 4.79 Å². The first-order chi connectivity index (χ1) is 11.3. The maximum Gasteiger partial charge on any atom is 0.233 e. The SMILES string of the molecule is O=C(C1CCCCn2nnnc21)N1CCCc2ccccc2C1. The van der Waals surface area contributed by atoms with Crippen LogP contribution in [-0.2, 0) is 24.3 Å². The second kappa shape index (κ2) is 6.10. The summed E-state index contributed by atoms with van der Waals surface area (Å²) < 4.78 is 1.81. The molecule has 0 aliphatic carbocycles. The Morgan fingerprint density at radius 2 is 1.96 bits per heavy atom. The molecule has 1 unspecified atom stereocenters. The van der Waals surface area contributed by atoms with Crippen molar-refractivity contribution in [3.63, 3.8) is 0 Å². The topological polar surface area (TPSA) is 63.9 Å². The summed E-state index contributed by atoms with van der Waals surface area (Å²) >= 11 is 0. The molecule has 2 aliphatic heterocycles. The minimum absolute atomic E-state index is 0.180. The van der Waals surface area contributed by atoms with Crippen LogP contribution in [0.15, 0.2) is 24.3 Å². The number of fused-ring (bicyclic) bond motifs is 2. The van der Waals surface area contributed by atoms with Crippen LogP contribution in [0.5, 0.6) is 0 Å². The van der Waals surface area contributed by atoms with Gasteiger partial charge in [0, 0.05) is 19.6 Å².